The topological polar surface area (TPSA) is 93.2 Å². The number of anilines is 1. The molecule has 1 aromatic carbocycles. The number of fused-ring (bicyclic) bond motifs is 2. The number of nitrogens with one attached hydrogen (secondary N) is 2. The first-order valence-corrected chi connectivity index (χ1v) is 10.3. The quantitative estimate of drug-likeness (QED) is 0.735. The summed E-state index contributed by atoms with van der Waals surface area (Å²) in [6.07, 6.45) is 9.73. The molecule has 0 aliphatic heterocycles. The van der Waals surface area contributed by atoms with Gasteiger partial charge in [0.05, 0.1) is 6.61 Å². The zero-order valence-electron chi connectivity index (χ0n) is 16.7. The molecule has 1 atom stereocenters. The van der Waals surface area contributed by atoms with Gasteiger partial charge in [-0.25, -0.2) is 19.6 Å². The Morgan fingerprint density at radius 2 is 1.72 bits per heavy atom. The number of rotatable bonds is 6. The Balaban J connectivity index is 1.52. The molecule has 0 radical (unpaired) electrons. The molecule has 2 amide bonds. The number of carbonyl (C=O) groups is 2. The molecule has 1 aromatic heterocycles. The SMILES string of the molecule is CCOC(=O)C(Cc1ncccn1)NC(=O)Nc1c2c(cc3c1CCC3)CCC2. The number of hydrogen-bond donors (Lipinski definition) is 2. The highest BCUT2D eigenvalue weighted by atomic mass is 16.5. The Kier molecular flexibility index (Phi) is 5.74. The number of aryl methyl sites for hydroxylation is 2. The summed E-state index contributed by atoms with van der Waals surface area (Å²) in [5.74, 6) is -0.00836. The highest BCUT2D eigenvalue weighted by Crippen LogP contribution is 2.38. The number of ether oxygens (including phenoxy) is 1. The van der Waals surface area contributed by atoms with Crippen molar-refractivity contribution in [3.05, 3.63) is 52.6 Å². The van der Waals surface area contributed by atoms with Crippen LogP contribution in [0.25, 0.3) is 0 Å². The van der Waals surface area contributed by atoms with Crippen LogP contribution in [-0.2, 0) is 41.6 Å². The van der Waals surface area contributed by atoms with E-state index in [-0.39, 0.29) is 13.0 Å². The molecule has 1 heterocycles. The van der Waals surface area contributed by atoms with Crippen molar-refractivity contribution < 1.29 is 14.3 Å². The molecular weight excluding hydrogens is 368 g/mol. The molecule has 152 valence electrons. The van der Waals surface area contributed by atoms with E-state index in [0.29, 0.717) is 5.82 Å². The summed E-state index contributed by atoms with van der Waals surface area (Å²) in [4.78, 5) is 33.6. The minimum atomic E-state index is -0.845. The Hall–Kier alpha value is -2.96. The summed E-state index contributed by atoms with van der Waals surface area (Å²) in [5, 5.41) is 5.83. The third kappa shape index (κ3) is 4.23. The minimum Gasteiger partial charge on any atom is -0.464 e. The average molecular weight is 394 g/mol. The van der Waals surface area contributed by atoms with Gasteiger partial charge < -0.3 is 15.4 Å². The lowest BCUT2D eigenvalue weighted by Crippen LogP contribution is -2.45. The molecule has 0 saturated heterocycles. The predicted octanol–water partition coefficient (Wildman–Crippen LogP) is 2.75. The molecule has 4 rings (SSSR count). The fourth-order valence-electron chi connectivity index (χ4n) is 4.33. The first kappa shape index (κ1) is 19.4. The summed E-state index contributed by atoms with van der Waals surface area (Å²) < 4.78 is 5.14. The van der Waals surface area contributed by atoms with Crippen LogP contribution in [-0.4, -0.2) is 34.6 Å². The van der Waals surface area contributed by atoms with Crippen LogP contribution < -0.4 is 10.6 Å². The van der Waals surface area contributed by atoms with E-state index in [2.05, 4.69) is 26.7 Å². The molecule has 0 saturated carbocycles. The van der Waals surface area contributed by atoms with E-state index in [9.17, 15) is 9.59 Å². The molecule has 2 aromatic rings. The number of amides is 2. The first-order valence-electron chi connectivity index (χ1n) is 10.3. The van der Waals surface area contributed by atoms with E-state index in [1.807, 2.05) is 0 Å². The molecule has 0 bridgehead atoms. The van der Waals surface area contributed by atoms with E-state index < -0.39 is 18.0 Å². The van der Waals surface area contributed by atoms with Crippen LogP contribution >= 0.6 is 0 Å². The van der Waals surface area contributed by atoms with Gasteiger partial charge in [0.15, 0.2) is 0 Å². The van der Waals surface area contributed by atoms with Gasteiger partial charge in [0.1, 0.15) is 11.9 Å². The van der Waals surface area contributed by atoms with Gasteiger partial charge in [-0.3, -0.25) is 0 Å². The van der Waals surface area contributed by atoms with Crippen LogP contribution in [0.2, 0.25) is 0 Å². The first-order chi connectivity index (χ1) is 14.2. The fourth-order valence-corrected chi connectivity index (χ4v) is 4.33. The van der Waals surface area contributed by atoms with Crippen LogP contribution in [0.4, 0.5) is 10.5 Å². The Bertz CT molecular complexity index is 882. The van der Waals surface area contributed by atoms with E-state index in [0.717, 1.165) is 44.2 Å². The fraction of sp³-hybridized carbons (Fsp3) is 0.455. The van der Waals surface area contributed by atoms with Crippen LogP contribution in [0, 0.1) is 0 Å². The standard InChI is InChI=1S/C22H26N4O3/c1-2-29-21(27)18(13-19-23-10-5-11-24-19)25-22(28)26-20-16-8-3-6-14(16)12-15-7-4-9-17(15)20/h5,10-12,18H,2-4,6-9,13H2,1H3,(H2,25,26,28). The van der Waals surface area contributed by atoms with Gasteiger partial charge in [0.25, 0.3) is 0 Å². The molecule has 7 heteroatoms. The normalized spacial score (nSPS) is 15.3. The lowest BCUT2D eigenvalue weighted by molar-refractivity contribution is -0.145. The Morgan fingerprint density at radius 3 is 2.34 bits per heavy atom. The molecule has 0 spiro atoms. The predicted molar refractivity (Wildman–Crippen MR) is 109 cm³/mol. The van der Waals surface area contributed by atoms with Crippen LogP contribution in [0.5, 0.6) is 0 Å². The van der Waals surface area contributed by atoms with Gasteiger partial charge in [-0.05, 0) is 73.8 Å². The van der Waals surface area contributed by atoms with Crippen molar-refractivity contribution in [2.45, 2.75) is 57.9 Å². The van der Waals surface area contributed by atoms with Gasteiger partial charge in [-0.15, -0.1) is 0 Å². The maximum Gasteiger partial charge on any atom is 0.329 e. The van der Waals surface area contributed by atoms with Crippen LogP contribution in [0.15, 0.2) is 24.5 Å². The van der Waals surface area contributed by atoms with Crippen molar-refractivity contribution in [2.24, 2.45) is 0 Å². The van der Waals surface area contributed by atoms with E-state index in [4.69, 9.17) is 4.74 Å². The number of benzene rings is 1. The van der Waals surface area contributed by atoms with Crippen molar-refractivity contribution in [3.8, 4) is 0 Å². The molecule has 1 unspecified atom stereocenters. The average Bonchev–Trinajstić information content (AvgIpc) is 3.37. The van der Waals surface area contributed by atoms with Gasteiger partial charge in [0, 0.05) is 24.5 Å². The Labute approximate surface area is 170 Å². The molecule has 2 aliphatic rings. The molecule has 29 heavy (non-hydrogen) atoms. The number of carbonyl (C=O) groups excluding carboxylic acids is 2. The summed E-state index contributed by atoms with van der Waals surface area (Å²) in [5.41, 5.74) is 6.14. The summed E-state index contributed by atoms with van der Waals surface area (Å²) in [7, 11) is 0. The lowest BCUT2D eigenvalue weighted by Gasteiger charge is -2.20. The number of nitrogens with zero attached hydrogens (tertiary/aromatic N) is 2. The number of urea groups is 1. The number of hydrogen-bond acceptors (Lipinski definition) is 5. The molecule has 0 fully saturated rings. The van der Waals surface area contributed by atoms with Crippen molar-refractivity contribution in [3.63, 3.8) is 0 Å². The van der Waals surface area contributed by atoms with Gasteiger partial charge >= 0.3 is 12.0 Å². The largest absolute Gasteiger partial charge is 0.464 e. The van der Waals surface area contributed by atoms with E-state index >= 15 is 0 Å². The maximum atomic E-state index is 12.9. The minimum absolute atomic E-state index is 0.179. The zero-order valence-corrected chi connectivity index (χ0v) is 16.7. The van der Waals surface area contributed by atoms with Crippen molar-refractivity contribution in [1.29, 1.82) is 0 Å². The van der Waals surface area contributed by atoms with Crippen LogP contribution in [0.3, 0.4) is 0 Å². The molecule has 2 aliphatic carbocycles. The summed E-state index contributed by atoms with van der Waals surface area (Å²) in [6.45, 7) is 1.98. The van der Waals surface area contributed by atoms with E-state index in [1.54, 1.807) is 25.4 Å². The highest BCUT2D eigenvalue weighted by molar-refractivity contribution is 5.94. The summed E-state index contributed by atoms with van der Waals surface area (Å²) >= 11 is 0. The molecular formula is C22H26N4O3. The van der Waals surface area contributed by atoms with Crippen LogP contribution in [0.1, 0.15) is 47.8 Å². The summed E-state index contributed by atoms with van der Waals surface area (Å²) in [6, 6.07) is 2.79. The van der Waals surface area contributed by atoms with Gasteiger partial charge in [0.2, 0.25) is 0 Å². The maximum absolute atomic E-state index is 12.9. The van der Waals surface area contributed by atoms with Gasteiger partial charge in [-0.2, -0.15) is 0 Å². The monoisotopic (exact) mass is 394 g/mol. The number of aromatic nitrogens is 2. The van der Waals surface area contributed by atoms with Crippen molar-refractivity contribution >= 4 is 17.7 Å². The van der Waals surface area contributed by atoms with E-state index in [1.165, 1.54) is 22.3 Å². The smallest absolute Gasteiger partial charge is 0.329 e. The second-order valence-corrected chi connectivity index (χ2v) is 7.51. The third-order valence-corrected chi connectivity index (χ3v) is 5.59. The van der Waals surface area contributed by atoms with Gasteiger partial charge in [-0.1, -0.05) is 6.07 Å². The highest BCUT2D eigenvalue weighted by Gasteiger charge is 2.27. The second-order valence-electron chi connectivity index (χ2n) is 7.51. The van der Waals surface area contributed by atoms with Crippen molar-refractivity contribution in [2.75, 3.05) is 11.9 Å². The molecule has 2 N–H and O–H groups in total. The van der Waals surface area contributed by atoms with Crippen molar-refractivity contribution in [1.82, 2.24) is 15.3 Å². The lowest BCUT2D eigenvalue weighted by atomic mass is 9.99. The third-order valence-electron chi connectivity index (χ3n) is 5.59. The Morgan fingerprint density at radius 1 is 1.07 bits per heavy atom. The number of esters is 1. The molecule has 7 nitrogen and oxygen atoms in total. The zero-order chi connectivity index (χ0) is 20.2. The second kappa shape index (κ2) is 8.59.